The van der Waals surface area contributed by atoms with E-state index in [4.69, 9.17) is 10.5 Å². The Kier molecular flexibility index (Phi) is 20.5. The van der Waals surface area contributed by atoms with Crippen molar-refractivity contribution in [2.45, 2.75) is 129 Å². The van der Waals surface area contributed by atoms with E-state index in [1.165, 1.54) is 31.0 Å². The van der Waals surface area contributed by atoms with E-state index in [9.17, 15) is 43.5 Å². The molecule has 8 atom stereocenters. The maximum absolute atomic E-state index is 14.0. The first kappa shape index (κ1) is 50.1. The lowest BCUT2D eigenvalue weighted by Crippen LogP contribution is -2.59. The lowest BCUT2D eigenvalue weighted by molar-refractivity contribution is -0.154. The minimum Gasteiger partial charge on any atom is -0.467 e. The Morgan fingerprint density at radius 3 is 2.07 bits per heavy atom. The van der Waals surface area contributed by atoms with Gasteiger partial charge in [-0.3, -0.25) is 33.6 Å². The molecule has 4 unspecified atom stereocenters. The highest BCUT2D eigenvalue weighted by Crippen LogP contribution is 2.23. The number of nitrogens with zero attached hydrogens (tertiary/aromatic N) is 3. The first-order chi connectivity index (χ1) is 27.8. The van der Waals surface area contributed by atoms with Crippen molar-refractivity contribution >= 4 is 47.3 Å². The van der Waals surface area contributed by atoms with E-state index >= 15 is 0 Å². The summed E-state index contributed by atoms with van der Waals surface area (Å²) in [5.41, 5.74) is 6.21. The number of primary amides is 1. The summed E-state index contributed by atoms with van der Waals surface area (Å²) in [5, 5.41) is 18.5. The second-order valence-corrected chi connectivity index (χ2v) is 16.0. The Bertz CT molecular complexity index is 1610. The van der Waals surface area contributed by atoms with Crippen molar-refractivity contribution in [3.05, 3.63) is 35.9 Å². The Labute approximate surface area is 348 Å². The second-order valence-electron chi connectivity index (χ2n) is 16.0. The van der Waals surface area contributed by atoms with Crippen molar-refractivity contribution in [2.24, 2.45) is 23.5 Å². The van der Waals surface area contributed by atoms with Crippen LogP contribution in [-0.2, 0) is 49.5 Å². The van der Waals surface area contributed by atoms with Crippen LogP contribution in [0.3, 0.4) is 0 Å². The van der Waals surface area contributed by atoms with Gasteiger partial charge in [-0.25, -0.2) is 4.79 Å². The number of nitrogens with one attached hydrogen (secondary N) is 3. The molecule has 0 spiro atoms. The summed E-state index contributed by atoms with van der Waals surface area (Å²) in [6.45, 7) is 10.5. The molecule has 1 aliphatic rings. The molecule has 6 N–H and O–H groups in total. The van der Waals surface area contributed by atoms with Crippen LogP contribution in [0.25, 0.3) is 0 Å². The van der Waals surface area contributed by atoms with Gasteiger partial charge in [0.2, 0.25) is 41.4 Å². The summed E-state index contributed by atoms with van der Waals surface area (Å²) in [6.07, 6.45) is 0.479. The van der Waals surface area contributed by atoms with Crippen molar-refractivity contribution in [3.63, 3.8) is 0 Å². The molecule has 1 aromatic rings. The number of benzene rings is 1. The van der Waals surface area contributed by atoms with Crippen molar-refractivity contribution in [1.82, 2.24) is 30.7 Å². The van der Waals surface area contributed by atoms with Crippen LogP contribution in [0.2, 0.25) is 0 Å². The number of carbonyl (C=O) groups excluding carboxylic acids is 8. The molecule has 17 nitrogen and oxygen atoms in total. The number of likely N-dealkylation sites (N-methyl/N-ethyl adjacent to an activating group) is 2. The topological polar surface area (TPSA) is 238 Å². The summed E-state index contributed by atoms with van der Waals surface area (Å²) in [4.78, 5) is 111. The van der Waals surface area contributed by atoms with E-state index in [1.807, 2.05) is 58.0 Å². The molecule has 1 fully saturated rings. The molecule has 7 amide bonds. The summed E-state index contributed by atoms with van der Waals surface area (Å²) >= 11 is 0. The number of rotatable bonds is 23. The third-order valence-corrected chi connectivity index (χ3v) is 11.2. The predicted octanol–water partition coefficient (Wildman–Crippen LogP) is 0.898. The molecule has 2 rings (SSSR count). The van der Waals surface area contributed by atoms with E-state index in [0.29, 0.717) is 32.2 Å². The Hall–Kier alpha value is -5.06. The van der Waals surface area contributed by atoms with Crippen molar-refractivity contribution < 1.29 is 48.2 Å². The van der Waals surface area contributed by atoms with Gasteiger partial charge in [0.25, 0.3) is 0 Å². The molecule has 1 heterocycles. The van der Waals surface area contributed by atoms with Crippen molar-refractivity contribution in [2.75, 3.05) is 34.3 Å². The molecule has 0 radical (unpaired) electrons. The lowest BCUT2D eigenvalue weighted by Gasteiger charge is -2.34. The SMILES string of the molecule is CCC(C)[C@H](O)C(=O)NC(CC(C)C)C(=O)N(C)[C@@H](CCC(N)=O)C(=O)NC(C(=O)NCC(=O)N(C)[C@H](Cc1ccccc1)C(=O)N1CCCC1C(=O)OC)[C@@H](C)CC. The van der Waals surface area contributed by atoms with Gasteiger partial charge < -0.3 is 46.2 Å². The van der Waals surface area contributed by atoms with E-state index in [2.05, 4.69) is 16.0 Å². The van der Waals surface area contributed by atoms with Crippen LogP contribution in [0.4, 0.5) is 0 Å². The quantitative estimate of drug-likeness (QED) is 0.0978. The van der Waals surface area contributed by atoms with Gasteiger partial charge in [-0.05, 0) is 49.0 Å². The minimum atomic E-state index is -1.36. The van der Waals surface area contributed by atoms with Crippen LogP contribution in [0.15, 0.2) is 30.3 Å². The first-order valence-electron chi connectivity index (χ1n) is 20.6. The van der Waals surface area contributed by atoms with Crippen LogP contribution in [0, 0.1) is 17.8 Å². The van der Waals surface area contributed by atoms with Crippen molar-refractivity contribution in [3.8, 4) is 0 Å². The number of nitrogens with two attached hydrogens (primary N) is 1. The van der Waals surface area contributed by atoms with Gasteiger partial charge in [-0.2, -0.15) is 0 Å². The molecular weight excluding hydrogens is 763 g/mol. The Morgan fingerprint density at radius 1 is 0.881 bits per heavy atom. The molecular formula is C42H67N7O10. The molecule has 59 heavy (non-hydrogen) atoms. The smallest absolute Gasteiger partial charge is 0.328 e. The summed E-state index contributed by atoms with van der Waals surface area (Å²) in [5.74, 6) is -6.03. The second kappa shape index (κ2) is 24.1. The van der Waals surface area contributed by atoms with Gasteiger partial charge in [0, 0.05) is 33.5 Å². The van der Waals surface area contributed by atoms with E-state index in [-0.39, 0.29) is 37.5 Å². The fraction of sp³-hybridized carbons (Fsp3) is 0.667. The fourth-order valence-electron chi connectivity index (χ4n) is 6.96. The zero-order valence-corrected chi connectivity index (χ0v) is 36.2. The van der Waals surface area contributed by atoms with E-state index < -0.39 is 96.1 Å². The van der Waals surface area contributed by atoms with Crippen LogP contribution in [-0.4, -0.2) is 138 Å². The van der Waals surface area contributed by atoms with Crippen molar-refractivity contribution in [1.29, 1.82) is 0 Å². The highest BCUT2D eigenvalue weighted by molar-refractivity contribution is 5.96. The van der Waals surface area contributed by atoms with Gasteiger partial charge >= 0.3 is 5.97 Å². The number of likely N-dealkylation sites (tertiary alicyclic amines) is 1. The average Bonchev–Trinajstić information content (AvgIpc) is 3.71. The highest BCUT2D eigenvalue weighted by atomic mass is 16.5. The molecule has 1 saturated heterocycles. The summed E-state index contributed by atoms with van der Waals surface area (Å²) in [6, 6.07) is 3.70. The van der Waals surface area contributed by atoms with Gasteiger partial charge in [0.05, 0.1) is 13.7 Å². The molecule has 1 aliphatic heterocycles. The predicted molar refractivity (Wildman–Crippen MR) is 220 cm³/mol. The molecule has 0 saturated carbocycles. The monoisotopic (exact) mass is 829 g/mol. The largest absolute Gasteiger partial charge is 0.467 e. The summed E-state index contributed by atoms with van der Waals surface area (Å²) in [7, 11) is 4.06. The maximum Gasteiger partial charge on any atom is 0.328 e. The Morgan fingerprint density at radius 2 is 1.51 bits per heavy atom. The van der Waals surface area contributed by atoms with Gasteiger partial charge in [-0.1, -0.05) is 84.7 Å². The van der Waals surface area contributed by atoms with E-state index in [0.717, 1.165) is 10.5 Å². The average molecular weight is 830 g/mol. The third-order valence-electron chi connectivity index (χ3n) is 11.2. The van der Waals surface area contributed by atoms with Crippen LogP contribution < -0.4 is 21.7 Å². The normalized spacial score (nSPS) is 17.3. The molecule has 0 bridgehead atoms. The number of carbonyl (C=O) groups is 8. The zero-order chi connectivity index (χ0) is 44.6. The van der Waals surface area contributed by atoms with Crippen LogP contribution >= 0.6 is 0 Å². The number of hydrogen-bond acceptors (Lipinski definition) is 10. The highest BCUT2D eigenvalue weighted by Gasteiger charge is 2.41. The van der Waals surface area contributed by atoms with Gasteiger partial charge in [0.15, 0.2) is 0 Å². The Balaban J connectivity index is 2.32. The van der Waals surface area contributed by atoms with Crippen LogP contribution in [0.1, 0.15) is 92.1 Å². The standard InChI is InChI=1S/C42H67N7O10/c1-10-26(5)35(46-37(53)30(19-20-33(43)50)48(8)40(56)29(22-25(3)4)45-39(55)36(52)27(6)11-2)38(54)44-24-34(51)47(7)32(23-28-16-13-12-14-17-28)41(57)49-21-15-18-31(49)42(58)59-9/h12-14,16-17,25-27,29-32,35-36,52H,10-11,15,18-24H2,1-9H3,(H2,43,50)(H,44,54)(H,45,55)(H,46,53)/t26-,27?,29?,30-,31?,32+,35?,36-/m0/s1. The number of aliphatic hydroxyl groups is 1. The fourth-order valence-corrected chi connectivity index (χ4v) is 6.96. The number of hydrogen-bond donors (Lipinski definition) is 5. The number of esters is 1. The zero-order valence-electron chi connectivity index (χ0n) is 36.2. The van der Waals surface area contributed by atoms with E-state index in [1.54, 1.807) is 13.8 Å². The number of ether oxygens (including phenoxy) is 1. The molecule has 0 aromatic heterocycles. The lowest BCUT2D eigenvalue weighted by atomic mass is 9.96. The minimum absolute atomic E-state index is 0.0692. The number of aliphatic hydroxyl groups excluding tert-OH is 1. The molecule has 17 heteroatoms. The van der Waals surface area contributed by atoms with Gasteiger partial charge in [0.1, 0.15) is 36.3 Å². The molecule has 0 aliphatic carbocycles. The summed E-state index contributed by atoms with van der Waals surface area (Å²) < 4.78 is 4.93. The maximum atomic E-state index is 14.0. The molecule has 330 valence electrons. The van der Waals surface area contributed by atoms with Gasteiger partial charge in [-0.15, -0.1) is 0 Å². The third kappa shape index (κ3) is 14.6. The molecule has 1 aromatic carbocycles. The number of methoxy groups -OCH3 is 1. The first-order valence-corrected chi connectivity index (χ1v) is 20.6. The van der Waals surface area contributed by atoms with Crippen LogP contribution in [0.5, 0.6) is 0 Å². The number of amides is 7.